The number of hydrogen-bond acceptors (Lipinski definition) is 4. The van der Waals surface area contributed by atoms with Gasteiger partial charge in [-0.1, -0.05) is 29.8 Å². The Morgan fingerprint density at radius 2 is 1.56 bits per heavy atom. The van der Waals surface area contributed by atoms with Crippen LogP contribution in [0.15, 0.2) is 60.0 Å². The lowest BCUT2D eigenvalue weighted by atomic mass is 10.1. The molecule has 0 unspecified atom stereocenters. The first-order valence-electron chi connectivity index (χ1n) is 10.9. The molecule has 1 saturated heterocycles. The summed E-state index contributed by atoms with van der Waals surface area (Å²) in [5.74, 6) is 0. The molecule has 4 heterocycles. The quantitative estimate of drug-likeness (QED) is 0.350. The minimum Gasteiger partial charge on any atom is -0.353 e. The number of thiophene rings is 1. The van der Waals surface area contributed by atoms with Crippen molar-refractivity contribution in [3.05, 3.63) is 76.1 Å². The topological polar surface area (TPSA) is 50.9 Å². The fourth-order valence-corrected chi connectivity index (χ4v) is 5.52. The van der Waals surface area contributed by atoms with E-state index in [-0.39, 0.29) is 0 Å². The van der Waals surface area contributed by atoms with Crippen molar-refractivity contribution in [2.24, 2.45) is 0 Å². The molecule has 32 heavy (non-hydrogen) atoms. The standard InChI is InChI=1S/C25H24ClN5S/c26-20-4-1-17(2-5-20)15-30-8-10-31(11-9-30)16-18-3-6-21-19(13-18)14-23(27-21)24-25-22(28-29-24)7-12-32-25/h1-7,12-14,27H,8-11,15-16H2,(H,28,29). The summed E-state index contributed by atoms with van der Waals surface area (Å²) in [4.78, 5) is 8.61. The summed E-state index contributed by atoms with van der Waals surface area (Å²) >= 11 is 7.73. The molecule has 1 aliphatic rings. The van der Waals surface area contributed by atoms with Gasteiger partial charge in [0.1, 0.15) is 5.69 Å². The molecule has 0 spiro atoms. The molecule has 1 aliphatic heterocycles. The molecule has 3 aromatic heterocycles. The predicted molar refractivity (Wildman–Crippen MR) is 133 cm³/mol. The third-order valence-corrected chi connectivity index (χ3v) is 7.47. The van der Waals surface area contributed by atoms with Crippen molar-refractivity contribution in [1.29, 1.82) is 0 Å². The van der Waals surface area contributed by atoms with Crippen LogP contribution in [-0.2, 0) is 13.1 Å². The zero-order chi connectivity index (χ0) is 21.5. The molecule has 2 aromatic carbocycles. The minimum absolute atomic E-state index is 0.800. The summed E-state index contributed by atoms with van der Waals surface area (Å²) in [5, 5.41) is 11.8. The van der Waals surface area contributed by atoms with Gasteiger partial charge in [0.2, 0.25) is 0 Å². The number of rotatable bonds is 5. The van der Waals surface area contributed by atoms with E-state index in [1.165, 1.54) is 21.2 Å². The molecule has 0 saturated carbocycles. The van der Waals surface area contributed by atoms with Crippen molar-refractivity contribution in [2.75, 3.05) is 26.2 Å². The zero-order valence-corrected chi connectivity index (χ0v) is 19.2. The number of nitrogens with one attached hydrogen (secondary N) is 2. The van der Waals surface area contributed by atoms with Gasteiger partial charge in [-0.2, -0.15) is 5.10 Å². The van der Waals surface area contributed by atoms with Gasteiger partial charge in [0.25, 0.3) is 0 Å². The largest absolute Gasteiger partial charge is 0.353 e. The highest BCUT2D eigenvalue weighted by Gasteiger charge is 2.18. The number of piperazine rings is 1. The lowest BCUT2D eigenvalue weighted by Crippen LogP contribution is -2.45. The van der Waals surface area contributed by atoms with E-state index in [0.717, 1.165) is 66.7 Å². The molecule has 0 atom stereocenters. The number of benzene rings is 2. The van der Waals surface area contributed by atoms with Crippen LogP contribution in [0.2, 0.25) is 5.02 Å². The van der Waals surface area contributed by atoms with E-state index >= 15 is 0 Å². The van der Waals surface area contributed by atoms with E-state index in [1.54, 1.807) is 11.3 Å². The summed E-state index contributed by atoms with van der Waals surface area (Å²) in [6, 6.07) is 19.3. The molecule has 5 aromatic rings. The van der Waals surface area contributed by atoms with Gasteiger partial charge in [0, 0.05) is 55.2 Å². The van der Waals surface area contributed by atoms with Crippen molar-refractivity contribution in [3.8, 4) is 11.4 Å². The van der Waals surface area contributed by atoms with Crippen LogP contribution in [-0.4, -0.2) is 51.2 Å². The smallest absolute Gasteiger partial charge is 0.126 e. The summed E-state index contributed by atoms with van der Waals surface area (Å²) < 4.78 is 1.20. The van der Waals surface area contributed by atoms with Gasteiger partial charge in [-0.25, -0.2) is 0 Å². The lowest BCUT2D eigenvalue weighted by molar-refractivity contribution is 0.122. The van der Waals surface area contributed by atoms with Crippen LogP contribution in [0, 0.1) is 0 Å². The molecule has 162 valence electrons. The Morgan fingerprint density at radius 3 is 2.34 bits per heavy atom. The van der Waals surface area contributed by atoms with Gasteiger partial charge >= 0.3 is 0 Å². The molecule has 2 N–H and O–H groups in total. The van der Waals surface area contributed by atoms with Crippen molar-refractivity contribution >= 4 is 44.1 Å². The molecule has 7 heteroatoms. The van der Waals surface area contributed by atoms with E-state index in [1.807, 2.05) is 12.1 Å². The van der Waals surface area contributed by atoms with E-state index < -0.39 is 0 Å². The van der Waals surface area contributed by atoms with Crippen molar-refractivity contribution < 1.29 is 0 Å². The molecule has 0 aliphatic carbocycles. The average molecular weight is 462 g/mol. The maximum absolute atomic E-state index is 6.01. The van der Waals surface area contributed by atoms with Crippen LogP contribution in [0.5, 0.6) is 0 Å². The summed E-state index contributed by atoms with van der Waals surface area (Å²) in [6.45, 7) is 6.35. The Bertz CT molecular complexity index is 1360. The highest BCUT2D eigenvalue weighted by atomic mass is 35.5. The van der Waals surface area contributed by atoms with E-state index in [4.69, 9.17) is 11.6 Å². The van der Waals surface area contributed by atoms with Gasteiger partial charge in [-0.05, 0) is 52.9 Å². The van der Waals surface area contributed by atoms with Gasteiger partial charge in [0.05, 0.1) is 15.9 Å². The molecular weight excluding hydrogens is 438 g/mol. The summed E-state index contributed by atoms with van der Waals surface area (Å²) in [6.07, 6.45) is 0. The highest BCUT2D eigenvalue weighted by Crippen LogP contribution is 2.32. The zero-order valence-electron chi connectivity index (χ0n) is 17.6. The molecule has 6 rings (SSSR count). The number of nitrogens with zero attached hydrogens (tertiary/aromatic N) is 3. The second kappa shape index (κ2) is 8.37. The summed E-state index contributed by atoms with van der Waals surface area (Å²) in [7, 11) is 0. The number of H-pyrrole nitrogens is 2. The van der Waals surface area contributed by atoms with Gasteiger partial charge in [0.15, 0.2) is 0 Å². The highest BCUT2D eigenvalue weighted by molar-refractivity contribution is 7.17. The molecule has 0 radical (unpaired) electrons. The number of halogens is 1. The molecule has 1 fully saturated rings. The fraction of sp³-hybridized carbons (Fsp3) is 0.240. The lowest BCUT2D eigenvalue weighted by Gasteiger charge is -2.34. The van der Waals surface area contributed by atoms with Gasteiger partial charge < -0.3 is 4.98 Å². The van der Waals surface area contributed by atoms with E-state index in [9.17, 15) is 0 Å². The Labute approximate surface area is 195 Å². The normalized spacial score (nSPS) is 15.8. The van der Waals surface area contributed by atoms with Crippen LogP contribution >= 0.6 is 22.9 Å². The average Bonchev–Trinajstić information content (AvgIpc) is 3.52. The third-order valence-electron chi connectivity index (χ3n) is 6.30. The second-order valence-corrected chi connectivity index (χ2v) is 9.87. The van der Waals surface area contributed by atoms with Crippen LogP contribution in [0.4, 0.5) is 0 Å². The number of hydrogen-bond donors (Lipinski definition) is 2. The van der Waals surface area contributed by atoms with Crippen LogP contribution in [0.1, 0.15) is 11.1 Å². The van der Waals surface area contributed by atoms with E-state index in [2.05, 4.69) is 72.8 Å². The molecule has 5 nitrogen and oxygen atoms in total. The maximum atomic E-state index is 6.01. The van der Waals surface area contributed by atoms with Crippen molar-refractivity contribution in [1.82, 2.24) is 25.0 Å². The second-order valence-electron chi connectivity index (χ2n) is 8.52. The molecule has 0 bridgehead atoms. The van der Waals surface area contributed by atoms with Crippen LogP contribution in [0.25, 0.3) is 32.5 Å². The molecule has 0 amide bonds. The minimum atomic E-state index is 0.800. The van der Waals surface area contributed by atoms with Crippen LogP contribution < -0.4 is 0 Å². The summed E-state index contributed by atoms with van der Waals surface area (Å²) in [5.41, 5.74) is 7.01. The first-order valence-corrected chi connectivity index (χ1v) is 12.2. The predicted octanol–water partition coefficient (Wildman–Crippen LogP) is 5.74. The monoisotopic (exact) mass is 461 g/mol. The third kappa shape index (κ3) is 3.95. The van der Waals surface area contributed by atoms with Gasteiger partial charge in [-0.3, -0.25) is 14.9 Å². The Balaban J connectivity index is 1.11. The number of aromatic amines is 2. The van der Waals surface area contributed by atoms with Crippen molar-refractivity contribution in [2.45, 2.75) is 13.1 Å². The molecular formula is C25H24ClN5S. The Morgan fingerprint density at radius 1 is 0.844 bits per heavy atom. The fourth-order valence-electron chi connectivity index (χ4n) is 4.55. The Kier molecular flexibility index (Phi) is 5.23. The Hall–Kier alpha value is -2.64. The van der Waals surface area contributed by atoms with Crippen molar-refractivity contribution in [3.63, 3.8) is 0 Å². The SMILES string of the molecule is Clc1ccc(CN2CCN(Cc3ccc4[nH]c(-c5n[nH]c6ccsc56)cc4c3)CC2)cc1. The maximum Gasteiger partial charge on any atom is 0.126 e. The number of fused-ring (bicyclic) bond motifs is 2. The van der Waals surface area contributed by atoms with Gasteiger partial charge in [-0.15, -0.1) is 11.3 Å². The first kappa shape index (κ1) is 20.0. The van der Waals surface area contributed by atoms with E-state index in [0.29, 0.717) is 0 Å². The number of aromatic nitrogens is 3. The van der Waals surface area contributed by atoms with Crippen LogP contribution in [0.3, 0.4) is 0 Å². The first-order chi connectivity index (χ1) is 15.7.